The van der Waals surface area contributed by atoms with E-state index in [1.165, 1.54) is 24.1 Å². The number of amidine groups is 1. The van der Waals surface area contributed by atoms with E-state index in [9.17, 15) is 32.7 Å². The maximum absolute atomic E-state index is 13.0. The molecule has 0 fully saturated rings. The molecule has 1 amide bonds. The van der Waals surface area contributed by atoms with Gasteiger partial charge in [0.1, 0.15) is 11.9 Å². The summed E-state index contributed by atoms with van der Waals surface area (Å²) < 4.78 is 43.9. The summed E-state index contributed by atoms with van der Waals surface area (Å²) in [6, 6.07) is 17.1. The number of carboxylic acid groups (broad SMARTS) is 2. The number of nitrogens with zero attached hydrogens (tertiary/aromatic N) is 3. The number of carbonyl (C=O) groups is 3. The number of alkyl halides is 3. The molecule has 1 unspecified atom stereocenters. The number of hydrogen-bond acceptors (Lipinski definition) is 9. The lowest BCUT2D eigenvalue weighted by Gasteiger charge is -2.20. The first-order chi connectivity index (χ1) is 22.5. The van der Waals surface area contributed by atoms with Crippen LogP contribution in [-0.4, -0.2) is 87.5 Å². The molecule has 1 atom stereocenters. The van der Waals surface area contributed by atoms with Crippen molar-refractivity contribution < 1.29 is 47.2 Å². The predicted molar refractivity (Wildman–Crippen MR) is 165 cm³/mol. The molecule has 0 saturated heterocycles. The lowest BCUT2D eigenvalue weighted by atomic mass is 10.0. The van der Waals surface area contributed by atoms with E-state index >= 15 is 0 Å². The number of benzene rings is 3. The summed E-state index contributed by atoms with van der Waals surface area (Å²) in [6.45, 7) is -0.187. The van der Waals surface area contributed by atoms with Gasteiger partial charge < -0.3 is 35.6 Å². The molecular weight excluding hydrogens is 643 g/mol. The zero-order valence-corrected chi connectivity index (χ0v) is 25.5. The second kappa shape index (κ2) is 15.3. The number of likely N-dealkylation sites (N-methyl/N-ethyl adjacent to an activating group) is 1. The Morgan fingerprint density at radius 3 is 2.23 bits per heavy atom. The number of H-pyrrole nitrogens is 1. The first-order valence-corrected chi connectivity index (χ1v) is 13.6. The molecule has 1 aromatic heterocycles. The number of aromatic carboxylic acids is 1. The normalized spacial score (nSPS) is 11.4. The van der Waals surface area contributed by atoms with Gasteiger partial charge >= 0.3 is 23.8 Å². The van der Waals surface area contributed by atoms with Gasteiger partial charge in [-0.15, -0.1) is 5.10 Å². The fraction of sp³-hybridized carbons (Fsp3) is 0.200. The fourth-order valence-electron chi connectivity index (χ4n) is 3.95. The number of halogens is 3. The molecule has 15 nitrogen and oxygen atoms in total. The summed E-state index contributed by atoms with van der Waals surface area (Å²) in [7, 11) is 4.71. The molecular formula is C30H30F3N7O8. The molecule has 0 aliphatic heterocycles. The summed E-state index contributed by atoms with van der Waals surface area (Å²) in [6.07, 6.45) is -5.08. The van der Waals surface area contributed by atoms with Crippen LogP contribution >= 0.6 is 0 Å². The zero-order chi connectivity index (χ0) is 35.8. The molecule has 4 aromatic rings. The molecule has 254 valence electrons. The Hall–Kier alpha value is -6.33. The fourth-order valence-corrected chi connectivity index (χ4v) is 3.95. The molecule has 0 aliphatic carbocycles. The Morgan fingerprint density at radius 1 is 1.06 bits per heavy atom. The molecule has 1 heterocycles. The standard InChI is InChI=1S/C28H29N7O6.C2HF3O2/c1-34(2)23(36)15-41-21-13-10-17(14-22(21)40-3)24(31-18-11-8-16(9-12-18)25(29)30)26-32-28(39)35(33-26)20-7-5-4-6-19(20)27(37)38;3-2(4,5)1(6)7/h4-14,24,31H,15H2,1-3H3,(H3,29,30)(H,37,38)(H,32,33,39);(H,6,7). The molecule has 0 spiro atoms. The van der Waals surface area contributed by atoms with Crippen molar-refractivity contribution >= 4 is 29.4 Å². The van der Waals surface area contributed by atoms with Gasteiger partial charge in [-0.05, 0) is 54.1 Å². The molecule has 0 aliphatic rings. The maximum Gasteiger partial charge on any atom is 0.490 e. The van der Waals surface area contributed by atoms with Gasteiger partial charge in [0, 0.05) is 25.3 Å². The summed E-state index contributed by atoms with van der Waals surface area (Å²) >= 11 is 0. The number of nitrogen functional groups attached to an aromatic ring is 1. The van der Waals surface area contributed by atoms with Gasteiger partial charge in [-0.1, -0.05) is 18.2 Å². The minimum atomic E-state index is -5.08. The summed E-state index contributed by atoms with van der Waals surface area (Å²) in [5, 5.41) is 32.1. The third-order valence-corrected chi connectivity index (χ3v) is 6.39. The van der Waals surface area contributed by atoms with Crippen LogP contribution in [0.1, 0.15) is 33.4 Å². The number of aromatic nitrogens is 3. The Balaban J connectivity index is 0.000000804. The van der Waals surface area contributed by atoms with Crippen LogP contribution in [0.4, 0.5) is 18.9 Å². The van der Waals surface area contributed by atoms with Gasteiger partial charge in [0.05, 0.1) is 18.4 Å². The molecule has 0 saturated carbocycles. The number of carbonyl (C=O) groups excluding carboxylic acids is 1. The Labute approximate surface area is 269 Å². The first-order valence-electron chi connectivity index (χ1n) is 13.6. The van der Waals surface area contributed by atoms with Crippen LogP contribution in [0.2, 0.25) is 0 Å². The molecule has 48 heavy (non-hydrogen) atoms. The van der Waals surface area contributed by atoms with Crippen molar-refractivity contribution in [2.45, 2.75) is 12.2 Å². The number of amides is 1. The topological polar surface area (TPSA) is 226 Å². The number of carboxylic acids is 2. The summed E-state index contributed by atoms with van der Waals surface area (Å²) in [4.78, 5) is 49.8. The largest absolute Gasteiger partial charge is 0.493 e. The van der Waals surface area contributed by atoms with Crippen molar-refractivity contribution in [3.05, 3.63) is 99.7 Å². The van der Waals surface area contributed by atoms with E-state index in [4.69, 9.17) is 30.5 Å². The Kier molecular flexibility index (Phi) is 11.5. The van der Waals surface area contributed by atoms with E-state index in [0.717, 1.165) is 4.68 Å². The highest BCUT2D eigenvalue weighted by Gasteiger charge is 2.38. The van der Waals surface area contributed by atoms with Gasteiger partial charge in [0.2, 0.25) is 0 Å². The quantitative estimate of drug-likeness (QED) is 0.100. The van der Waals surface area contributed by atoms with E-state index < -0.39 is 29.8 Å². The minimum Gasteiger partial charge on any atom is -0.493 e. The van der Waals surface area contributed by atoms with Crippen molar-refractivity contribution in [2.24, 2.45) is 5.73 Å². The summed E-state index contributed by atoms with van der Waals surface area (Å²) in [5.41, 5.74) is 6.72. The average molecular weight is 674 g/mol. The van der Waals surface area contributed by atoms with Crippen LogP contribution in [0.25, 0.3) is 5.69 Å². The van der Waals surface area contributed by atoms with E-state index in [1.54, 1.807) is 68.7 Å². The lowest BCUT2D eigenvalue weighted by molar-refractivity contribution is -0.192. The Morgan fingerprint density at radius 2 is 1.69 bits per heavy atom. The number of nitrogens with one attached hydrogen (secondary N) is 3. The zero-order valence-electron chi connectivity index (χ0n) is 25.5. The third-order valence-electron chi connectivity index (χ3n) is 6.39. The van der Waals surface area contributed by atoms with E-state index in [2.05, 4.69) is 15.4 Å². The lowest BCUT2D eigenvalue weighted by Crippen LogP contribution is -2.27. The smallest absolute Gasteiger partial charge is 0.490 e. The number of hydrogen-bond donors (Lipinski definition) is 6. The highest BCUT2D eigenvalue weighted by Crippen LogP contribution is 2.33. The predicted octanol–water partition coefficient (Wildman–Crippen LogP) is 2.85. The van der Waals surface area contributed by atoms with Crippen LogP contribution in [0.3, 0.4) is 0 Å². The van der Waals surface area contributed by atoms with Gasteiger partial charge in [-0.25, -0.2) is 14.4 Å². The van der Waals surface area contributed by atoms with Crippen LogP contribution in [0.5, 0.6) is 11.5 Å². The number of rotatable bonds is 11. The molecule has 18 heteroatoms. The molecule has 4 rings (SSSR count). The molecule has 7 N–H and O–H groups in total. The summed E-state index contributed by atoms with van der Waals surface area (Å²) in [5.74, 6) is -3.41. The minimum absolute atomic E-state index is 0.0821. The maximum atomic E-state index is 13.0. The first kappa shape index (κ1) is 36.1. The van der Waals surface area contributed by atoms with E-state index in [1.807, 2.05) is 0 Å². The van der Waals surface area contributed by atoms with Gasteiger partial charge in [-0.3, -0.25) is 15.2 Å². The Bertz CT molecular complexity index is 1850. The van der Waals surface area contributed by atoms with Crippen molar-refractivity contribution in [3.8, 4) is 17.2 Å². The van der Waals surface area contributed by atoms with Gasteiger partial charge in [0.15, 0.2) is 23.9 Å². The number of aromatic amines is 1. The van der Waals surface area contributed by atoms with Crippen molar-refractivity contribution in [2.75, 3.05) is 33.1 Å². The molecule has 0 bridgehead atoms. The monoisotopic (exact) mass is 673 g/mol. The second-order valence-corrected chi connectivity index (χ2v) is 9.91. The average Bonchev–Trinajstić information content (AvgIpc) is 3.43. The SMILES string of the molecule is COc1cc(C(Nc2ccc(C(=N)N)cc2)c2nn(-c3ccccc3C(=O)O)c(=O)[nH]2)ccc1OCC(=O)N(C)C.O=C(O)C(F)(F)F. The number of anilines is 1. The van der Waals surface area contributed by atoms with Crippen LogP contribution < -0.4 is 26.2 Å². The van der Waals surface area contributed by atoms with Gasteiger partial charge in [0.25, 0.3) is 5.91 Å². The molecule has 3 aromatic carbocycles. The van der Waals surface area contributed by atoms with E-state index in [-0.39, 0.29) is 35.4 Å². The van der Waals surface area contributed by atoms with Gasteiger partial charge in [-0.2, -0.15) is 17.9 Å². The van der Waals surface area contributed by atoms with Crippen LogP contribution in [0.15, 0.2) is 71.5 Å². The van der Waals surface area contributed by atoms with Crippen LogP contribution in [-0.2, 0) is 9.59 Å². The highest BCUT2D eigenvalue weighted by atomic mass is 19.4. The van der Waals surface area contributed by atoms with Crippen LogP contribution in [0, 0.1) is 5.41 Å². The number of para-hydroxylation sites is 1. The molecule has 0 radical (unpaired) electrons. The number of ether oxygens (including phenoxy) is 2. The van der Waals surface area contributed by atoms with E-state index in [0.29, 0.717) is 28.3 Å². The number of nitrogens with two attached hydrogens (primary N) is 1. The number of methoxy groups -OCH3 is 1. The van der Waals surface area contributed by atoms with Crippen molar-refractivity contribution in [3.63, 3.8) is 0 Å². The second-order valence-electron chi connectivity index (χ2n) is 9.91. The highest BCUT2D eigenvalue weighted by molar-refractivity contribution is 5.95. The van der Waals surface area contributed by atoms with Crippen molar-refractivity contribution in [1.82, 2.24) is 19.7 Å². The third kappa shape index (κ3) is 9.12. The van der Waals surface area contributed by atoms with Crippen molar-refractivity contribution in [1.29, 1.82) is 5.41 Å². The number of aliphatic carboxylic acids is 1.